The van der Waals surface area contributed by atoms with Gasteiger partial charge in [-0.05, 0) is 11.6 Å². The summed E-state index contributed by atoms with van der Waals surface area (Å²) in [4.78, 5) is 37.1. The van der Waals surface area contributed by atoms with Gasteiger partial charge in [0.15, 0.2) is 12.3 Å². The van der Waals surface area contributed by atoms with Gasteiger partial charge in [-0.15, -0.1) is 0 Å². The summed E-state index contributed by atoms with van der Waals surface area (Å²) in [7, 11) is 1.52. The van der Waals surface area contributed by atoms with Crippen LogP contribution in [0, 0.1) is 11.3 Å². The molecule has 8 heteroatoms. The normalized spacial score (nSPS) is 10.0. The smallest absolute Gasteiger partial charge is 0.359 e. The molecule has 1 amide bonds. The van der Waals surface area contributed by atoms with Crippen LogP contribution < -0.4 is 5.56 Å². The van der Waals surface area contributed by atoms with Crippen molar-refractivity contribution in [2.45, 2.75) is 13.0 Å². The summed E-state index contributed by atoms with van der Waals surface area (Å²) in [5.74, 6) is -1.22. The van der Waals surface area contributed by atoms with Gasteiger partial charge < -0.3 is 9.64 Å². The number of esters is 1. The first-order valence-electron chi connectivity index (χ1n) is 7.91. The highest BCUT2D eigenvalue weighted by Crippen LogP contribution is 2.01. The van der Waals surface area contributed by atoms with Gasteiger partial charge in [-0.25, -0.2) is 9.48 Å². The minimum absolute atomic E-state index is 0.0620. The molecular formula is C18H18N4O4. The predicted octanol–water partition coefficient (Wildman–Crippen LogP) is 0.820. The van der Waals surface area contributed by atoms with Gasteiger partial charge in [0.2, 0.25) is 0 Å². The Morgan fingerprint density at radius 1 is 1.23 bits per heavy atom. The van der Waals surface area contributed by atoms with Crippen molar-refractivity contribution < 1.29 is 14.3 Å². The molecule has 0 radical (unpaired) electrons. The average molecular weight is 354 g/mol. The number of amides is 1. The molecule has 8 nitrogen and oxygen atoms in total. The molecule has 1 heterocycles. The molecule has 0 N–H and O–H groups in total. The Hall–Kier alpha value is -3.47. The van der Waals surface area contributed by atoms with Crippen molar-refractivity contribution in [1.29, 1.82) is 5.26 Å². The van der Waals surface area contributed by atoms with E-state index in [-0.39, 0.29) is 30.8 Å². The van der Waals surface area contributed by atoms with Crippen LogP contribution in [-0.4, -0.2) is 46.8 Å². The number of likely N-dealkylation sites (N-methyl/N-ethyl adjacent to an activating group) is 1. The number of nitrogens with zero attached hydrogens (tertiary/aromatic N) is 4. The second-order valence-electron chi connectivity index (χ2n) is 5.50. The van der Waals surface area contributed by atoms with E-state index in [2.05, 4.69) is 5.10 Å². The van der Waals surface area contributed by atoms with Crippen LogP contribution in [0.4, 0.5) is 0 Å². The molecule has 2 rings (SSSR count). The number of ether oxygens (including phenoxy) is 1. The van der Waals surface area contributed by atoms with E-state index in [0.717, 1.165) is 10.2 Å². The molecule has 26 heavy (non-hydrogen) atoms. The maximum absolute atomic E-state index is 12.1. The van der Waals surface area contributed by atoms with E-state index >= 15 is 0 Å². The van der Waals surface area contributed by atoms with E-state index < -0.39 is 18.5 Å². The molecule has 1 aromatic heterocycles. The number of carbonyl (C=O) groups excluding carboxylic acids is 2. The molecule has 0 unspecified atom stereocenters. The molecule has 1 aromatic carbocycles. The van der Waals surface area contributed by atoms with Crippen molar-refractivity contribution in [2.24, 2.45) is 0 Å². The Labute approximate surface area is 150 Å². The molecule has 0 bridgehead atoms. The zero-order valence-electron chi connectivity index (χ0n) is 14.3. The fourth-order valence-electron chi connectivity index (χ4n) is 2.08. The summed E-state index contributed by atoms with van der Waals surface area (Å²) in [6.07, 6.45) is 0.197. The molecule has 0 aliphatic heterocycles. The minimum atomic E-state index is -0.797. The van der Waals surface area contributed by atoms with Crippen LogP contribution in [0.15, 0.2) is 47.3 Å². The zero-order valence-corrected chi connectivity index (χ0v) is 14.3. The van der Waals surface area contributed by atoms with Crippen LogP contribution in [-0.2, 0) is 16.1 Å². The highest BCUT2D eigenvalue weighted by atomic mass is 16.5. The Morgan fingerprint density at radius 2 is 1.96 bits per heavy atom. The number of benzene rings is 1. The predicted molar refractivity (Wildman–Crippen MR) is 92.2 cm³/mol. The third-order valence-corrected chi connectivity index (χ3v) is 3.56. The van der Waals surface area contributed by atoms with E-state index in [1.165, 1.54) is 24.1 Å². The lowest BCUT2D eigenvalue weighted by Crippen LogP contribution is -2.32. The number of carbonyl (C=O) groups is 2. The third-order valence-electron chi connectivity index (χ3n) is 3.56. The van der Waals surface area contributed by atoms with Crippen LogP contribution in [0.2, 0.25) is 0 Å². The van der Waals surface area contributed by atoms with Gasteiger partial charge in [0.05, 0.1) is 19.0 Å². The number of nitriles is 1. The van der Waals surface area contributed by atoms with E-state index in [9.17, 15) is 14.4 Å². The monoisotopic (exact) mass is 354 g/mol. The molecule has 0 saturated carbocycles. The van der Waals surface area contributed by atoms with E-state index in [1.54, 1.807) is 0 Å². The largest absolute Gasteiger partial charge is 0.451 e. The summed E-state index contributed by atoms with van der Waals surface area (Å²) in [6.45, 7) is 0.0178. The second-order valence-corrected chi connectivity index (χ2v) is 5.50. The topological polar surface area (TPSA) is 105 Å². The van der Waals surface area contributed by atoms with E-state index in [1.807, 2.05) is 36.4 Å². The molecule has 0 aliphatic rings. The van der Waals surface area contributed by atoms with Crippen molar-refractivity contribution >= 4 is 11.9 Å². The summed E-state index contributed by atoms with van der Waals surface area (Å²) >= 11 is 0. The van der Waals surface area contributed by atoms with E-state index in [0.29, 0.717) is 0 Å². The number of hydrogen-bond donors (Lipinski definition) is 0. The maximum atomic E-state index is 12.1. The van der Waals surface area contributed by atoms with Crippen molar-refractivity contribution in [3.05, 3.63) is 64.1 Å². The Kier molecular flexibility index (Phi) is 6.62. The fourth-order valence-corrected chi connectivity index (χ4v) is 2.08. The standard InChI is InChI=1S/C18H18N4O4/c1-21(11-5-10-19)17(24)13-26-18(25)15-8-9-16(23)22(20-15)12-14-6-3-2-4-7-14/h2-4,6-9H,5,11-13H2,1H3. The molecule has 0 fully saturated rings. The highest BCUT2D eigenvalue weighted by molar-refractivity contribution is 5.89. The van der Waals surface area contributed by atoms with Crippen molar-refractivity contribution in [2.75, 3.05) is 20.2 Å². The average Bonchev–Trinajstić information content (AvgIpc) is 2.66. The number of rotatable bonds is 7. The quantitative estimate of drug-likeness (QED) is 0.682. The van der Waals surface area contributed by atoms with Crippen LogP contribution in [0.3, 0.4) is 0 Å². The van der Waals surface area contributed by atoms with Gasteiger partial charge in [0.1, 0.15) is 0 Å². The highest BCUT2D eigenvalue weighted by Gasteiger charge is 2.15. The Balaban J connectivity index is 2.01. The van der Waals surface area contributed by atoms with Gasteiger partial charge in [0.25, 0.3) is 11.5 Å². The SMILES string of the molecule is CN(CCC#N)C(=O)COC(=O)c1ccc(=O)n(Cc2ccccc2)n1. The lowest BCUT2D eigenvalue weighted by atomic mass is 10.2. The van der Waals surface area contributed by atoms with Crippen LogP contribution in [0.25, 0.3) is 0 Å². The van der Waals surface area contributed by atoms with Gasteiger partial charge in [-0.3, -0.25) is 9.59 Å². The van der Waals surface area contributed by atoms with Gasteiger partial charge in [-0.2, -0.15) is 10.4 Å². The van der Waals surface area contributed by atoms with Gasteiger partial charge in [-0.1, -0.05) is 30.3 Å². The molecule has 0 spiro atoms. The summed E-state index contributed by atoms with van der Waals surface area (Å²) in [5.41, 5.74) is 0.452. The first-order chi connectivity index (χ1) is 12.5. The van der Waals surface area contributed by atoms with Crippen LogP contribution >= 0.6 is 0 Å². The molecule has 134 valence electrons. The zero-order chi connectivity index (χ0) is 18.9. The van der Waals surface area contributed by atoms with Crippen molar-refractivity contribution in [1.82, 2.24) is 14.7 Å². The molecule has 2 aromatic rings. The Morgan fingerprint density at radius 3 is 2.65 bits per heavy atom. The fraction of sp³-hybridized carbons (Fsp3) is 0.278. The molecule has 0 aliphatic carbocycles. The second kappa shape index (κ2) is 9.13. The van der Waals surface area contributed by atoms with Crippen molar-refractivity contribution in [3.8, 4) is 6.07 Å². The molecule has 0 saturated heterocycles. The number of hydrogen-bond acceptors (Lipinski definition) is 6. The number of aromatic nitrogens is 2. The third kappa shape index (κ3) is 5.27. The Bertz CT molecular complexity index is 871. The summed E-state index contributed by atoms with van der Waals surface area (Å²) in [5, 5.41) is 12.5. The lowest BCUT2D eigenvalue weighted by Gasteiger charge is -2.15. The summed E-state index contributed by atoms with van der Waals surface area (Å²) < 4.78 is 6.10. The molecule has 0 atom stereocenters. The van der Waals surface area contributed by atoms with E-state index in [4.69, 9.17) is 10.00 Å². The first kappa shape index (κ1) is 18.9. The first-order valence-corrected chi connectivity index (χ1v) is 7.91. The summed E-state index contributed by atoms with van der Waals surface area (Å²) in [6, 6.07) is 13.6. The van der Waals surface area contributed by atoms with Crippen molar-refractivity contribution in [3.63, 3.8) is 0 Å². The van der Waals surface area contributed by atoms with Gasteiger partial charge >= 0.3 is 5.97 Å². The maximum Gasteiger partial charge on any atom is 0.359 e. The van der Waals surface area contributed by atoms with Gasteiger partial charge in [0, 0.05) is 19.7 Å². The molecular weight excluding hydrogens is 336 g/mol. The lowest BCUT2D eigenvalue weighted by molar-refractivity contribution is -0.133. The van der Waals surface area contributed by atoms with Crippen LogP contribution in [0.5, 0.6) is 0 Å². The van der Waals surface area contributed by atoms with Crippen LogP contribution in [0.1, 0.15) is 22.5 Å². The minimum Gasteiger partial charge on any atom is -0.451 e.